The van der Waals surface area contributed by atoms with Gasteiger partial charge in [0.25, 0.3) is 0 Å². The van der Waals surface area contributed by atoms with Crippen molar-refractivity contribution in [1.29, 1.82) is 0 Å². The zero-order valence-corrected chi connectivity index (χ0v) is 14.7. The third kappa shape index (κ3) is 11.5. The summed E-state index contributed by atoms with van der Waals surface area (Å²) in [5, 5.41) is 0. The van der Waals surface area contributed by atoms with E-state index in [0.717, 1.165) is 18.4 Å². The van der Waals surface area contributed by atoms with Crippen molar-refractivity contribution in [2.75, 3.05) is 6.61 Å². The summed E-state index contributed by atoms with van der Waals surface area (Å²) >= 11 is 0. The van der Waals surface area contributed by atoms with Crippen LogP contribution in [-0.2, 0) is 9.53 Å². The van der Waals surface area contributed by atoms with Crippen LogP contribution >= 0.6 is 0 Å². The summed E-state index contributed by atoms with van der Waals surface area (Å²) in [7, 11) is 0. The molecule has 0 radical (unpaired) electrons. The highest BCUT2D eigenvalue weighted by Crippen LogP contribution is 2.16. The summed E-state index contributed by atoms with van der Waals surface area (Å²) in [6.07, 6.45) is 14.0. The zero-order valence-electron chi connectivity index (χ0n) is 14.7. The van der Waals surface area contributed by atoms with Gasteiger partial charge in [0.15, 0.2) is 0 Å². The van der Waals surface area contributed by atoms with Crippen LogP contribution in [0.5, 0.6) is 0 Å². The van der Waals surface area contributed by atoms with Crippen LogP contribution in [0, 0.1) is 5.92 Å². The van der Waals surface area contributed by atoms with Gasteiger partial charge in [-0.05, 0) is 32.1 Å². The van der Waals surface area contributed by atoms with Crippen LogP contribution in [0.1, 0.15) is 91.9 Å². The van der Waals surface area contributed by atoms with Gasteiger partial charge in [-0.15, -0.1) is 0 Å². The summed E-state index contributed by atoms with van der Waals surface area (Å²) in [5.41, 5.74) is 0.771. The normalized spacial score (nSPS) is 13.2. The Hall–Kier alpha value is -0.790. The van der Waals surface area contributed by atoms with E-state index in [4.69, 9.17) is 4.74 Å². The molecule has 124 valence electrons. The molecule has 2 heteroatoms. The molecule has 21 heavy (non-hydrogen) atoms. The lowest BCUT2D eigenvalue weighted by Gasteiger charge is -2.14. The van der Waals surface area contributed by atoms with Gasteiger partial charge >= 0.3 is 5.97 Å². The molecule has 0 aliphatic rings. The quantitative estimate of drug-likeness (QED) is 0.235. The van der Waals surface area contributed by atoms with Crippen LogP contribution in [-0.4, -0.2) is 12.6 Å². The number of unbranched alkanes of at least 4 members (excludes halogenated alkanes) is 5. The highest BCUT2D eigenvalue weighted by Gasteiger charge is 2.09. The Kier molecular flexibility index (Phi) is 13.6. The van der Waals surface area contributed by atoms with Gasteiger partial charge in [0.1, 0.15) is 0 Å². The molecular formula is C19H36O2. The lowest BCUT2D eigenvalue weighted by molar-refractivity contribution is -0.139. The minimum absolute atomic E-state index is 0.129. The molecule has 0 saturated heterocycles. The maximum atomic E-state index is 11.9. The number of esters is 1. The lowest BCUT2D eigenvalue weighted by atomic mass is 9.96. The van der Waals surface area contributed by atoms with Gasteiger partial charge in [0.05, 0.1) is 6.61 Å². The molecule has 0 rings (SSSR count). The van der Waals surface area contributed by atoms with E-state index < -0.39 is 0 Å². The van der Waals surface area contributed by atoms with Crippen molar-refractivity contribution in [2.24, 2.45) is 5.92 Å². The first-order valence-electron chi connectivity index (χ1n) is 8.99. The molecule has 0 saturated carbocycles. The predicted molar refractivity (Wildman–Crippen MR) is 91.4 cm³/mol. The molecule has 0 spiro atoms. The molecular weight excluding hydrogens is 260 g/mol. The van der Waals surface area contributed by atoms with Crippen molar-refractivity contribution < 1.29 is 9.53 Å². The first-order chi connectivity index (χ1) is 10.2. The molecule has 1 atom stereocenters. The number of rotatable bonds is 13. The number of carbonyl (C=O) groups excluding carboxylic acids is 1. The molecule has 0 aliphatic carbocycles. The fourth-order valence-electron chi connectivity index (χ4n) is 2.45. The van der Waals surface area contributed by atoms with Crippen molar-refractivity contribution in [3.63, 3.8) is 0 Å². The average molecular weight is 296 g/mol. The highest BCUT2D eigenvalue weighted by atomic mass is 16.5. The fourth-order valence-corrected chi connectivity index (χ4v) is 2.45. The number of allylic oxidation sites excluding steroid dienone is 1. The lowest BCUT2D eigenvalue weighted by Crippen LogP contribution is -2.10. The van der Waals surface area contributed by atoms with E-state index in [1.807, 2.05) is 13.0 Å². The van der Waals surface area contributed by atoms with E-state index in [2.05, 4.69) is 20.8 Å². The van der Waals surface area contributed by atoms with Crippen LogP contribution in [0.2, 0.25) is 0 Å². The zero-order chi connectivity index (χ0) is 15.9. The number of hydrogen-bond acceptors (Lipinski definition) is 2. The minimum Gasteiger partial charge on any atom is -0.462 e. The monoisotopic (exact) mass is 296 g/mol. The number of ether oxygens (including phenoxy) is 1. The summed E-state index contributed by atoms with van der Waals surface area (Å²) in [6.45, 7) is 9.10. The average Bonchev–Trinajstić information content (AvgIpc) is 2.50. The van der Waals surface area contributed by atoms with Crippen LogP contribution in [0.15, 0.2) is 11.6 Å². The molecule has 2 nitrogen and oxygen atoms in total. The van der Waals surface area contributed by atoms with Crippen LogP contribution < -0.4 is 0 Å². The van der Waals surface area contributed by atoms with E-state index >= 15 is 0 Å². The summed E-state index contributed by atoms with van der Waals surface area (Å²) in [5.74, 6) is 0.576. The van der Waals surface area contributed by atoms with E-state index in [0.29, 0.717) is 12.5 Å². The first kappa shape index (κ1) is 20.2. The van der Waals surface area contributed by atoms with Gasteiger partial charge < -0.3 is 4.74 Å². The molecule has 0 amide bonds. The van der Waals surface area contributed by atoms with Crippen molar-refractivity contribution in [3.05, 3.63) is 11.6 Å². The Morgan fingerprint density at radius 1 is 1.00 bits per heavy atom. The molecule has 0 aliphatic heterocycles. The molecule has 0 N–H and O–H groups in total. The van der Waals surface area contributed by atoms with Gasteiger partial charge in [0.2, 0.25) is 0 Å². The maximum Gasteiger partial charge on any atom is 0.333 e. The largest absolute Gasteiger partial charge is 0.462 e. The SMILES string of the molecule is CCCCCCC=C(C)C(=O)OCCC(CC)CCCC. The van der Waals surface area contributed by atoms with Crippen molar-refractivity contribution >= 4 is 5.97 Å². The van der Waals surface area contributed by atoms with Gasteiger partial charge in [-0.1, -0.05) is 71.8 Å². The van der Waals surface area contributed by atoms with Gasteiger partial charge in [-0.25, -0.2) is 4.79 Å². The first-order valence-corrected chi connectivity index (χ1v) is 8.99. The second-order valence-corrected chi connectivity index (χ2v) is 6.08. The molecule has 0 aromatic rings. The van der Waals surface area contributed by atoms with Crippen molar-refractivity contribution in [3.8, 4) is 0 Å². The van der Waals surface area contributed by atoms with E-state index in [1.165, 1.54) is 51.4 Å². The fraction of sp³-hybridized carbons (Fsp3) is 0.842. The predicted octanol–water partition coefficient (Wildman–Crippen LogP) is 6.05. The molecule has 0 aromatic heterocycles. The summed E-state index contributed by atoms with van der Waals surface area (Å²) < 4.78 is 5.39. The Morgan fingerprint density at radius 2 is 1.71 bits per heavy atom. The van der Waals surface area contributed by atoms with E-state index in [9.17, 15) is 4.79 Å². The number of hydrogen-bond donors (Lipinski definition) is 0. The highest BCUT2D eigenvalue weighted by molar-refractivity contribution is 5.87. The Labute approximate surface area is 132 Å². The van der Waals surface area contributed by atoms with Crippen molar-refractivity contribution in [1.82, 2.24) is 0 Å². The standard InChI is InChI=1S/C19H36O2/c1-5-8-10-11-12-13-17(4)19(20)21-16-15-18(7-3)14-9-6-2/h13,18H,5-12,14-16H2,1-4H3. The second kappa shape index (κ2) is 14.2. The third-order valence-electron chi connectivity index (χ3n) is 4.13. The van der Waals surface area contributed by atoms with Crippen molar-refractivity contribution in [2.45, 2.75) is 91.9 Å². The molecule has 0 aromatic carbocycles. The maximum absolute atomic E-state index is 11.9. The smallest absolute Gasteiger partial charge is 0.333 e. The Balaban J connectivity index is 3.82. The van der Waals surface area contributed by atoms with Crippen LogP contribution in [0.3, 0.4) is 0 Å². The number of carbonyl (C=O) groups is 1. The van der Waals surface area contributed by atoms with E-state index in [-0.39, 0.29) is 5.97 Å². The topological polar surface area (TPSA) is 26.3 Å². The molecule has 1 unspecified atom stereocenters. The van der Waals surface area contributed by atoms with Crippen LogP contribution in [0.25, 0.3) is 0 Å². The molecule has 0 fully saturated rings. The molecule has 0 bridgehead atoms. The summed E-state index contributed by atoms with van der Waals surface area (Å²) in [4.78, 5) is 11.9. The van der Waals surface area contributed by atoms with Gasteiger partial charge in [-0.2, -0.15) is 0 Å². The second-order valence-electron chi connectivity index (χ2n) is 6.08. The third-order valence-corrected chi connectivity index (χ3v) is 4.13. The van der Waals surface area contributed by atoms with Gasteiger partial charge in [0, 0.05) is 5.57 Å². The Morgan fingerprint density at radius 3 is 2.33 bits per heavy atom. The Bertz CT molecular complexity index is 281. The van der Waals surface area contributed by atoms with Crippen LogP contribution in [0.4, 0.5) is 0 Å². The van der Waals surface area contributed by atoms with E-state index in [1.54, 1.807) is 0 Å². The summed E-state index contributed by atoms with van der Waals surface area (Å²) in [6, 6.07) is 0. The minimum atomic E-state index is -0.129. The molecule has 0 heterocycles. The van der Waals surface area contributed by atoms with Gasteiger partial charge in [-0.3, -0.25) is 0 Å².